The minimum Gasteiger partial charge on any atom is -0.373 e. The van der Waals surface area contributed by atoms with Crippen LogP contribution in [-0.4, -0.2) is 66.3 Å². The average molecular weight is 343 g/mol. The summed E-state index contributed by atoms with van der Waals surface area (Å²) in [6.45, 7) is 5.23. The summed E-state index contributed by atoms with van der Waals surface area (Å²) in [5.74, 6) is 1.49. The Morgan fingerprint density at radius 3 is 2.92 bits per heavy atom. The highest BCUT2D eigenvalue weighted by Crippen LogP contribution is 2.19. The Balaban J connectivity index is 1.76. The molecule has 2 aromatic heterocycles. The number of likely N-dealkylation sites (N-methyl/N-ethyl adjacent to an activating group) is 1. The Hall–Kier alpha value is -2.25. The number of rotatable bonds is 5. The van der Waals surface area contributed by atoms with E-state index >= 15 is 0 Å². The first-order valence-electron chi connectivity index (χ1n) is 8.63. The molecular weight excluding hydrogens is 318 g/mol. The van der Waals surface area contributed by atoms with E-state index in [-0.39, 0.29) is 11.7 Å². The Morgan fingerprint density at radius 2 is 2.24 bits per heavy atom. The van der Waals surface area contributed by atoms with Crippen LogP contribution in [-0.2, 0) is 11.2 Å². The van der Waals surface area contributed by atoms with Crippen LogP contribution in [0.2, 0.25) is 0 Å². The normalized spacial score (nSPS) is 17.9. The minimum absolute atomic E-state index is 0.134. The number of morpholine rings is 1. The van der Waals surface area contributed by atoms with Crippen molar-refractivity contribution in [1.82, 2.24) is 19.9 Å². The number of aromatic amines is 1. The van der Waals surface area contributed by atoms with Gasteiger partial charge in [-0.25, -0.2) is 9.97 Å². The van der Waals surface area contributed by atoms with Gasteiger partial charge >= 0.3 is 0 Å². The van der Waals surface area contributed by atoms with E-state index in [1.807, 2.05) is 33.2 Å². The van der Waals surface area contributed by atoms with Gasteiger partial charge in [0.15, 0.2) is 0 Å². The van der Waals surface area contributed by atoms with Gasteiger partial charge in [0, 0.05) is 43.2 Å². The molecule has 7 nitrogen and oxygen atoms in total. The molecule has 0 amide bonds. The van der Waals surface area contributed by atoms with Gasteiger partial charge < -0.3 is 19.5 Å². The lowest BCUT2D eigenvalue weighted by molar-refractivity contribution is 0.0245. The van der Waals surface area contributed by atoms with Crippen molar-refractivity contribution in [2.24, 2.45) is 0 Å². The Labute approximate surface area is 147 Å². The van der Waals surface area contributed by atoms with Crippen molar-refractivity contribution in [2.75, 3.05) is 45.2 Å². The van der Waals surface area contributed by atoms with Gasteiger partial charge in [0.2, 0.25) is 0 Å². The third kappa shape index (κ3) is 4.43. The maximum atomic E-state index is 11.7. The molecule has 2 aromatic rings. The number of nitrogens with one attached hydrogen (secondary N) is 1. The van der Waals surface area contributed by atoms with Gasteiger partial charge in [0.05, 0.1) is 12.7 Å². The number of anilines is 1. The molecule has 134 valence electrons. The summed E-state index contributed by atoms with van der Waals surface area (Å²) in [4.78, 5) is 27.9. The number of hydrogen-bond acceptors (Lipinski definition) is 6. The molecule has 1 unspecified atom stereocenters. The molecule has 3 heterocycles. The van der Waals surface area contributed by atoms with Crippen LogP contribution in [0.4, 0.5) is 5.82 Å². The van der Waals surface area contributed by atoms with Crippen molar-refractivity contribution in [2.45, 2.75) is 19.4 Å². The van der Waals surface area contributed by atoms with Gasteiger partial charge in [0.25, 0.3) is 5.56 Å². The van der Waals surface area contributed by atoms with Crippen LogP contribution in [0, 0.1) is 0 Å². The summed E-state index contributed by atoms with van der Waals surface area (Å²) in [6, 6.07) is 5.46. The first kappa shape index (κ1) is 17.6. The van der Waals surface area contributed by atoms with Crippen LogP contribution in [0.5, 0.6) is 0 Å². The lowest BCUT2D eigenvalue weighted by atomic mass is 10.2. The molecular formula is C18H25N5O2. The van der Waals surface area contributed by atoms with E-state index in [1.54, 1.807) is 6.20 Å². The van der Waals surface area contributed by atoms with Gasteiger partial charge in [-0.15, -0.1) is 0 Å². The molecule has 1 aliphatic heterocycles. The molecule has 0 bridgehead atoms. The zero-order chi connectivity index (χ0) is 17.8. The van der Waals surface area contributed by atoms with Crippen LogP contribution >= 0.6 is 0 Å². The molecule has 1 N–H and O–H groups in total. The molecule has 0 aromatic carbocycles. The first-order chi connectivity index (χ1) is 12.0. The number of ether oxygens (including phenoxy) is 1. The third-order valence-corrected chi connectivity index (χ3v) is 4.21. The fraction of sp³-hybridized carbons (Fsp3) is 0.500. The van der Waals surface area contributed by atoms with Gasteiger partial charge in [-0.1, -0.05) is 6.92 Å². The van der Waals surface area contributed by atoms with Crippen molar-refractivity contribution in [3.63, 3.8) is 0 Å². The molecule has 7 heteroatoms. The fourth-order valence-electron chi connectivity index (χ4n) is 2.98. The van der Waals surface area contributed by atoms with E-state index in [1.165, 1.54) is 6.07 Å². The maximum Gasteiger partial charge on any atom is 0.251 e. The zero-order valence-corrected chi connectivity index (χ0v) is 15.0. The Bertz CT molecular complexity index is 757. The second-order valence-electron chi connectivity index (χ2n) is 6.55. The highest BCUT2D eigenvalue weighted by molar-refractivity contribution is 5.56. The number of H-pyrrole nitrogens is 1. The molecule has 1 atom stereocenters. The maximum absolute atomic E-state index is 11.7. The number of nitrogens with zero attached hydrogens (tertiary/aromatic N) is 4. The van der Waals surface area contributed by atoms with E-state index in [0.29, 0.717) is 12.4 Å². The van der Waals surface area contributed by atoms with Gasteiger partial charge in [-0.05, 0) is 32.6 Å². The van der Waals surface area contributed by atoms with Gasteiger partial charge in [-0.3, -0.25) is 4.79 Å². The third-order valence-electron chi connectivity index (χ3n) is 4.21. The molecule has 1 saturated heterocycles. The Kier molecular flexibility index (Phi) is 5.45. The topological polar surface area (TPSA) is 74.3 Å². The van der Waals surface area contributed by atoms with Gasteiger partial charge in [-0.2, -0.15) is 0 Å². The summed E-state index contributed by atoms with van der Waals surface area (Å²) in [5.41, 5.74) is 1.46. The summed E-state index contributed by atoms with van der Waals surface area (Å²) in [6.07, 6.45) is 2.68. The van der Waals surface area contributed by atoms with E-state index in [9.17, 15) is 4.79 Å². The van der Waals surface area contributed by atoms with Crippen molar-refractivity contribution < 1.29 is 4.74 Å². The summed E-state index contributed by atoms with van der Waals surface area (Å²) < 4.78 is 5.81. The number of aromatic nitrogens is 3. The highest BCUT2D eigenvalue weighted by atomic mass is 16.5. The molecule has 0 spiro atoms. The molecule has 0 radical (unpaired) electrons. The lowest BCUT2D eigenvalue weighted by Gasteiger charge is -2.34. The lowest BCUT2D eigenvalue weighted by Crippen LogP contribution is -2.46. The van der Waals surface area contributed by atoms with Crippen molar-refractivity contribution in [3.05, 3.63) is 40.4 Å². The SMILES string of the molecule is CCc1cc(=O)[nH]c(-c2ccc(N3CCOC(CN(C)C)C3)nc2)n1. The van der Waals surface area contributed by atoms with Crippen molar-refractivity contribution in [3.8, 4) is 11.4 Å². The van der Waals surface area contributed by atoms with E-state index in [4.69, 9.17) is 4.74 Å². The van der Waals surface area contributed by atoms with Crippen molar-refractivity contribution >= 4 is 5.82 Å². The zero-order valence-electron chi connectivity index (χ0n) is 15.0. The first-order valence-corrected chi connectivity index (χ1v) is 8.63. The predicted molar refractivity (Wildman–Crippen MR) is 98.0 cm³/mol. The smallest absolute Gasteiger partial charge is 0.251 e. The molecule has 0 saturated carbocycles. The number of pyridine rings is 1. The van der Waals surface area contributed by atoms with E-state index < -0.39 is 0 Å². The van der Waals surface area contributed by atoms with Crippen LogP contribution in [0.1, 0.15) is 12.6 Å². The monoisotopic (exact) mass is 343 g/mol. The molecule has 1 fully saturated rings. The van der Waals surface area contributed by atoms with Crippen molar-refractivity contribution in [1.29, 1.82) is 0 Å². The summed E-state index contributed by atoms with van der Waals surface area (Å²) in [7, 11) is 4.10. The molecule has 1 aliphatic rings. The predicted octanol–water partition coefficient (Wildman–Crippen LogP) is 1.16. The van der Waals surface area contributed by atoms with Crippen LogP contribution in [0.25, 0.3) is 11.4 Å². The quantitative estimate of drug-likeness (QED) is 0.878. The highest BCUT2D eigenvalue weighted by Gasteiger charge is 2.22. The largest absolute Gasteiger partial charge is 0.373 e. The molecule has 0 aliphatic carbocycles. The molecule has 25 heavy (non-hydrogen) atoms. The average Bonchev–Trinajstić information content (AvgIpc) is 2.61. The fourth-order valence-corrected chi connectivity index (χ4v) is 2.98. The van der Waals surface area contributed by atoms with Gasteiger partial charge in [0.1, 0.15) is 11.6 Å². The second-order valence-corrected chi connectivity index (χ2v) is 6.55. The molecule has 3 rings (SSSR count). The number of aryl methyl sites for hydroxylation is 1. The van der Waals surface area contributed by atoms with E-state index in [0.717, 1.165) is 43.1 Å². The van der Waals surface area contributed by atoms with E-state index in [2.05, 4.69) is 24.8 Å². The minimum atomic E-state index is -0.134. The van der Waals surface area contributed by atoms with Crippen LogP contribution in [0.3, 0.4) is 0 Å². The standard InChI is InChI=1S/C18H25N5O2/c1-4-14-9-17(24)21-18(20-14)13-5-6-16(19-10-13)23-7-8-25-15(12-23)11-22(2)3/h5-6,9-10,15H,4,7-8,11-12H2,1-3H3,(H,20,21,24). The van der Waals surface area contributed by atoms with Crippen LogP contribution < -0.4 is 10.5 Å². The summed E-state index contributed by atoms with van der Waals surface area (Å²) in [5, 5.41) is 0. The van der Waals surface area contributed by atoms with Crippen LogP contribution in [0.15, 0.2) is 29.2 Å². The summed E-state index contributed by atoms with van der Waals surface area (Å²) >= 11 is 0. The number of hydrogen-bond donors (Lipinski definition) is 1. The Morgan fingerprint density at radius 1 is 1.40 bits per heavy atom. The second kappa shape index (κ2) is 7.76.